The number of carbonyl (C=O) groups is 1. The van der Waals surface area contributed by atoms with E-state index in [1.807, 2.05) is 0 Å². The summed E-state index contributed by atoms with van der Waals surface area (Å²) >= 11 is 0. The monoisotopic (exact) mass is 258 g/mol. The van der Waals surface area contributed by atoms with E-state index >= 15 is 0 Å². The first-order valence-corrected chi connectivity index (χ1v) is 5.81. The zero-order valence-electron chi connectivity index (χ0n) is 10.4. The van der Waals surface area contributed by atoms with Crippen molar-refractivity contribution in [2.24, 2.45) is 0 Å². The van der Waals surface area contributed by atoms with Crippen LogP contribution in [0.4, 0.5) is 8.78 Å². The van der Waals surface area contributed by atoms with Crippen LogP contribution in [-0.4, -0.2) is 5.78 Å². The van der Waals surface area contributed by atoms with Gasteiger partial charge >= 0.3 is 0 Å². The standard InChI is InChI=1S/C16H12F2O/c1-11-10-12(6-8-14(11)17)7-9-16(19)13-4-2-3-5-15(13)18/h2-10H,1H3/b9-7+. The lowest BCUT2D eigenvalue weighted by molar-refractivity contribution is 0.104. The van der Waals surface area contributed by atoms with Crippen molar-refractivity contribution in [2.45, 2.75) is 6.92 Å². The molecule has 0 aliphatic rings. The largest absolute Gasteiger partial charge is 0.289 e. The average Bonchev–Trinajstić information content (AvgIpc) is 2.40. The molecular weight excluding hydrogens is 246 g/mol. The summed E-state index contributed by atoms with van der Waals surface area (Å²) in [6.07, 6.45) is 2.83. The summed E-state index contributed by atoms with van der Waals surface area (Å²) in [5.41, 5.74) is 1.22. The van der Waals surface area contributed by atoms with E-state index in [1.54, 1.807) is 31.2 Å². The van der Waals surface area contributed by atoms with Crippen LogP contribution in [0.2, 0.25) is 0 Å². The third-order valence-corrected chi connectivity index (χ3v) is 2.75. The Balaban J connectivity index is 2.21. The van der Waals surface area contributed by atoms with Gasteiger partial charge in [-0.2, -0.15) is 0 Å². The van der Waals surface area contributed by atoms with E-state index in [2.05, 4.69) is 0 Å². The molecule has 0 amide bonds. The minimum atomic E-state index is -0.549. The molecule has 0 fully saturated rings. The summed E-state index contributed by atoms with van der Waals surface area (Å²) in [6, 6.07) is 10.3. The number of allylic oxidation sites excluding steroid dienone is 1. The summed E-state index contributed by atoms with van der Waals surface area (Å²) < 4.78 is 26.5. The van der Waals surface area contributed by atoms with Crippen molar-refractivity contribution in [3.8, 4) is 0 Å². The maximum Gasteiger partial charge on any atom is 0.188 e. The summed E-state index contributed by atoms with van der Waals surface area (Å²) in [4.78, 5) is 11.8. The highest BCUT2D eigenvalue weighted by Crippen LogP contribution is 2.12. The van der Waals surface area contributed by atoms with Crippen molar-refractivity contribution >= 4 is 11.9 Å². The first-order valence-electron chi connectivity index (χ1n) is 5.81. The Kier molecular flexibility index (Phi) is 3.85. The third kappa shape index (κ3) is 3.13. The van der Waals surface area contributed by atoms with Gasteiger partial charge in [-0.05, 0) is 48.4 Å². The SMILES string of the molecule is Cc1cc(/C=C/C(=O)c2ccccc2F)ccc1F. The summed E-state index contributed by atoms with van der Waals surface area (Å²) in [6.45, 7) is 1.64. The number of halogens is 2. The van der Waals surface area contributed by atoms with Gasteiger partial charge in [-0.25, -0.2) is 8.78 Å². The Labute approximate surface area is 110 Å². The van der Waals surface area contributed by atoms with Gasteiger partial charge in [0.05, 0.1) is 5.56 Å². The molecule has 2 aromatic carbocycles. The van der Waals surface area contributed by atoms with E-state index in [9.17, 15) is 13.6 Å². The van der Waals surface area contributed by atoms with Crippen LogP contribution in [0.5, 0.6) is 0 Å². The van der Waals surface area contributed by atoms with Crippen LogP contribution in [0, 0.1) is 18.6 Å². The molecule has 0 spiro atoms. The van der Waals surface area contributed by atoms with Crippen LogP contribution >= 0.6 is 0 Å². The first-order chi connectivity index (χ1) is 9.08. The molecule has 19 heavy (non-hydrogen) atoms. The second-order valence-corrected chi connectivity index (χ2v) is 4.19. The minimum absolute atomic E-state index is 0.0255. The Morgan fingerprint density at radius 3 is 2.47 bits per heavy atom. The molecule has 0 saturated carbocycles. The van der Waals surface area contributed by atoms with Gasteiger partial charge in [0.2, 0.25) is 0 Å². The fraction of sp³-hybridized carbons (Fsp3) is 0.0625. The van der Waals surface area contributed by atoms with Crippen molar-refractivity contribution in [3.05, 3.63) is 76.9 Å². The van der Waals surface area contributed by atoms with E-state index < -0.39 is 11.6 Å². The average molecular weight is 258 g/mol. The molecule has 0 unspecified atom stereocenters. The number of carbonyl (C=O) groups excluding carboxylic acids is 1. The predicted molar refractivity (Wildman–Crippen MR) is 70.9 cm³/mol. The van der Waals surface area contributed by atoms with E-state index in [1.165, 1.54) is 30.3 Å². The first kappa shape index (κ1) is 13.1. The van der Waals surface area contributed by atoms with Gasteiger partial charge in [-0.15, -0.1) is 0 Å². The lowest BCUT2D eigenvalue weighted by Gasteiger charge is -1.99. The molecule has 0 aliphatic carbocycles. The second kappa shape index (κ2) is 5.57. The van der Waals surface area contributed by atoms with Gasteiger partial charge < -0.3 is 0 Å². The van der Waals surface area contributed by atoms with Crippen LogP contribution in [-0.2, 0) is 0 Å². The number of aryl methyl sites for hydroxylation is 1. The van der Waals surface area contributed by atoms with E-state index in [4.69, 9.17) is 0 Å². The van der Waals surface area contributed by atoms with Crippen LogP contribution in [0.1, 0.15) is 21.5 Å². The van der Waals surface area contributed by atoms with Gasteiger partial charge in [0.15, 0.2) is 5.78 Å². The van der Waals surface area contributed by atoms with Gasteiger partial charge in [0, 0.05) is 0 Å². The predicted octanol–water partition coefficient (Wildman–Crippen LogP) is 4.17. The molecule has 0 bridgehead atoms. The Morgan fingerprint density at radius 1 is 1.05 bits per heavy atom. The highest BCUT2D eigenvalue weighted by Gasteiger charge is 2.07. The number of rotatable bonds is 3. The molecule has 1 nitrogen and oxygen atoms in total. The van der Waals surface area contributed by atoms with Gasteiger partial charge in [0.1, 0.15) is 11.6 Å². The summed E-state index contributed by atoms with van der Waals surface area (Å²) in [7, 11) is 0. The van der Waals surface area contributed by atoms with Crippen LogP contribution in [0.3, 0.4) is 0 Å². The van der Waals surface area contributed by atoms with Crippen LogP contribution in [0.25, 0.3) is 6.08 Å². The van der Waals surface area contributed by atoms with E-state index in [-0.39, 0.29) is 11.4 Å². The molecule has 0 aromatic heterocycles. The summed E-state index contributed by atoms with van der Waals surface area (Å²) in [5.74, 6) is -1.26. The highest BCUT2D eigenvalue weighted by molar-refractivity contribution is 6.06. The molecule has 0 N–H and O–H groups in total. The third-order valence-electron chi connectivity index (χ3n) is 2.75. The summed E-state index contributed by atoms with van der Waals surface area (Å²) in [5, 5.41) is 0. The Morgan fingerprint density at radius 2 is 1.79 bits per heavy atom. The number of hydrogen-bond acceptors (Lipinski definition) is 1. The van der Waals surface area contributed by atoms with Crippen LogP contribution < -0.4 is 0 Å². The zero-order chi connectivity index (χ0) is 13.8. The lowest BCUT2D eigenvalue weighted by atomic mass is 10.1. The molecule has 0 aliphatic heterocycles. The topological polar surface area (TPSA) is 17.1 Å². The van der Waals surface area contributed by atoms with Gasteiger partial charge in [0.25, 0.3) is 0 Å². The fourth-order valence-corrected chi connectivity index (χ4v) is 1.69. The molecule has 0 atom stereocenters. The number of benzene rings is 2. The maximum atomic E-state index is 13.4. The Bertz CT molecular complexity index is 645. The number of hydrogen-bond donors (Lipinski definition) is 0. The van der Waals surface area contributed by atoms with E-state index in [0.29, 0.717) is 11.1 Å². The molecule has 0 radical (unpaired) electrons. The van der Waals surface area contributed by atoms with Crippen molar-refractivity contribution in [1.82, 2.24) is 0 Å². The second-order valence-electron chi connectivity index (χ2n) is 4.19. The quantitative estimate of drug-likeness (QED) is 0.596. The zero-order valence-corrected chi connectivity index (χ0v) is 10.4. The molecule has 0 heterocycles. The molecule has 3 heteroatoms. The minimum Gasteiger partial charge on any atom is -0.289 e. The van der Waals surface area contributed by atoms with Crippen LogP contribution in [0.15, 0.2) is 48.5 Å². The van der Waals surface area contributed by atoms with Gasteiger partial charge in [-0.1, -0.05) is 24.3 Å². The van der Waals surface area contributed by atoms with E-state index in [0.717, 1.165) is 0 Å². The molecule has 2 rings (SSSR count). The van der Waals surface area contributed by atoms with Crippen molar-refractivity contribution < 1.29 is 13.6 Å². The normalized spacial score (nSPS) is 10.9. The Hall–Kier alpha value is -2.29. The maximum absolute atomic E-state index is 13.4. The smallest absolute Gasteiger partial charge is 0.188 e. The molecular formula is C16H12F2O. The van der Waals surface area contributed by atoms with Crippen molar-refractivity contribution in [2.75, 3.05) is 0 Å². The van der Waals surface area contributed by atoms with Gasteiger partial charge in [-0.3, -0.25) is 4.79 Å². The fourth-order valence-electron chi connectivity index (χ4n) is 1.69. The highest BCUT2D eigenvalue weighted by atomic mass is 19.1. The van der Waals surface area contributed by atoms with Crippen molar-refractivity contribution in [1.29, 1.82) is 0 Å². The number of ketones is 1. The molecule has 96 valence electrons. The molecule has 0 saturated heterocycles. The van der Waals surface area contributed by atoms with Crippen molar-refractivity contribution in [3.63, 3.8) is 0 Å². The lowest BCUT2D eigenvalue weighted by Crippen LogP contribution is -1.97. The molecule has 2 aromatic rings.